The van der Waals surface area contributed by atoms with Gasteiger partial charge < -0.3 is 20.3 Å². The number of nitrogens with one attached hydrogen (secondary N) is 2. The minimum absolute atomic E-state index is 0.0234. The number of anilines is 3. The highest BCUT2D eigenvalue weighted by molar-refractivity contribution is 6.06. The van der Waals surface area contributed by atoms with Crippen molar-refractivity contribution in [1.29, 1.82) is 0 Å². The number of hydrogen-bond donors (Lipinski definition) is 2. The van der Waals surface area contributed by atoms with Crippen molar-refractivity contribution in [3.05, 3.63) is 48.0 Å². The van der Waals surface area contributed by atoms with Crippen molar-refractivity contribution in [1.82, 2.24) is 0 Å². The van der Waals surface area contributed by atoms with Gasteiger partial charge in [0.25, 0.3) is 11.8 Å². The van der Waals surface area contributed by atoms with Crippen molar-refractivity contribution in [2.45, 2.75) is 12.8 Å². The molecule has 2 aliphatic rings. The van der Waals surface area contributed by atoms with E-state index in [9.17, 15) is 14.4 Å². The summed E-state index contributed by atoms with van der Waals surface area (Å²) in [5, 5.41) is 5.49. The summed E-state index contributed by atoms with van der Waals surface area (Å²) in [6.07, 6.45) is 1.45. The van der Waals surface area contributed by atoms with Gasteiger partial charge in [-0.1, -0.05) is 0 Å². The summed E-state index contributed by atoms with van der Waals surface area (Å²) < 4.78 is 5.28. The van der Waals surface area contributed by atoms with Gasteiger partial charge in [-0.25, -0.2) is 0 Å². The Bertz CT molecular complexity index is 892. The lowest BCUT2D eigenvalue weighted by atomic mass is 10.1. The summed E-state index contributed by atoms with van der Waals surface area (Å²) in [6, 6.07) is 12.1. The van der Waals surface area contributed by atoms with E-state index in [2.05, 4.69) is 10.6 Å². The predicted octanol–water partition coefficient (Wildman–Crippen LogP) is 2.40. The van der Waals surface area contributed by atoms with Crippen LogP contribution in [0.25, 0.3) is 0 Å². The number of carbonyl (C=O) groups is 3. The lowest BCUT2D eigenvalue weighted by molar-refractivity contribution is -0.119. The zero-order valence-corrected chi connectivity index (χ0v) is 14.0. The molecule has 4 rings (SSSR count). The highest BCUT2D eigenvalue weighted by Gasteiger charge is 2.21. The van der Waals surface area contributed by atoms with Gasteiger partial charge in [-0.2, -0.15) is 0 Å². The second kappa shape index (κ2) is 6.51. The summed E-state index contributed by atoms with van der Waals surface area (Å²) in [5.74, 6) is 0.126. The number of amides is 3. The highest BCUT2D eigenvalue weighted by Crippen LogP contribution is 2.29. The Morgan fingerprint density at radius 2 is 1.92 bits per heavy atom. The Kier molecular flexibility index (Phi) is 4.04. The van der Waals surface area contributed by atoms with Gasteiger partial charge >= 0.3 is 0 Å². The van der Waals surface area contributed by atoms with Crippen LogP contribution >= 0.6 is 0 Å². The first-order chi connectivity index (χ1) is 12.6. The smallest absolute Gasteiger partial charge is 0.262 e. The van der Waals surface area contributed by atoms with Crippen LogP contribution in [0, 0.1) is 0 Å². The van der Waals surface area contributed by atoms with E-state index in [4.69, 9.17) is 4.74 Å². The van der Waals surface area contributed by atoms with E-state index in [1.54, 1.807) is 35.2 Å². The van der Waals surface area contributed by atoms with Crippen LogP contribution in [-0.2, 0) is 9.59 Å². The molecular weight excluding hydrogens is 334 g/mol. The van der Waals surface area contributed by atoms with Crippen molar-refractivity contribution >= 4 is 34.8 Å². The molecule has 2 aromatic carbocycles. The largest absolute Gasteiger partial charge is 0.482 e. The average molecular weight is 351 g/mol. The Morgan fingerprint density at radius 3 is 2.65 bits per heavy atom. The Balaban J connectivity index is 1.47. The summed E-state index contributed by atoms with van der Waals surface area (Å²) in [4.78, 5) is 37.4. The summed E-state index contributed by atoms with van der Waals surface area (Å²) in [6.45, 7) is 0.706. The average Bonchev–Trinajstić information content (AvgIpc) is 3.07. The Labute approximate surface area is 149 Å². The van der Waals surface area contributed by atoms with E-state index in [0.717, 1.165) is 18.7 Å². The van der Waals surface area contributed by atoms with Crippen LogP contribution in [0.3, 0.4) is 0 Å². The molecule has 0 radical (unpaired) electrons. The van der Waals surface area contributed by atoms with Crippen LogP contribution in [0.5, 0.6) is 5.75 Å². The van der Waals surface area contributed by atoms with Gasteiger partial charge in [-0.3, -0.25) is 14.4 Å². The first-order valence-electron chi connectivity index (χ1n) is 8.39. The van der Waals surface area contributed by atoms with E-state index < -0.39 is 0 Å². The molecule has 2 heterocycles. The SMILES string of the molecule is O=C1COc2ccc(C(=O)Nc3ccc(N4CCCC4=O)cc3)cc2N1. The topological polar surface area (TPSA) is 87.7 Å². The minimum atomic E-state index is -0.294. The molecule has 1 saturated heterocycles. The monoisotopic (exact) mass is 351 g/mol. The molecule has 7 nitrogen and oxygen atoms in total. The molecule has 0 spiro atoms. The normalized spacial score (nSPS) is 15.9. The number of carbonyl (C=O) groups excluding carboxylic acids is 3. The van der Waals surface area contributed by atoms with Crippen molar-refractivity contribution in [3.8, 4) is 5.75 Å². The molecule has 7 heteroatoms. The van der Waals surface area contributed by atoms with Crippen LogP contribution in [-0.4, -0.2) is 30.9 Å². The van der Waals surface area contributed by atoms with Crippen LogP contribution in [0.2, 0.25) is 0 Å². The molecule has 0 saturated carbocycles. The molecule has 1 fully saturated rings. The first-order valence-corrected chi connectivity index (χ1v) is 8.39. The van der Waals surface area contributed by atoms with Gasteiger partial charge in [0.15, 0.2) is 6.61 Å². The van der Waals surface area contributed by atoms with Crippen molar-refractivity contribution in [2.24, 2.45) is 0 Å². The predicted molar refractivity (Wildman–Crippen MR) is 96.5 cm³/mol. The van der Waals surface area contributed by atoms with Gasteiger partial charge in [-0.05, 0) is 48.9 Å². The first kappa shape index (κ1) is 16.1. The van der Waals surface area contributed by atoms with Crippen LogP contribution in [0.1, 0.15) is 23.2 Å². The fourth-order valence-electron chi connectivity index (χ4n) is 3.07. The molecule has 0 aliphatic carbocycles. The summed E-state index contributed by atoms with van der Waals surface area (Å²) in [7, 11) is 0. The molecule has 2 N–H and O–H groups in total. The third kappa shape index (κ3) is 3.11. The number of benzene rings is 2. The summed E-state index contributed by atoms with van der Waals surface area (Å²) >= 11 is 0. The third-order valence-electron chi connectivity index (χ3n) is 4.38. The molecule has 26 heavy (non-hydrogen) atoms. The van der Waals surface area contributed by atoms with Crippen molar-refractivity contribution < 1.29 is 19.1 Å². The molecular formula is C19H17N3O4. The van der Waals surface area contributed by atoms with E-state index >= 15 is 0 Å². The number of rotatable bonds is 3. The molecule has 3 amide bonds. The molecule has 0 aromatic heterocycles. The lowest BCUT2D eigenvalue weighted by Crippen LogP contribution is -2.25. The maximum Gasteiger partial charge on any atom is 0.262 e. The minimum Gasteiger partial charge on any atom is -0.482 e. The van der Waals surface area contributed by atoms with Gasteiger partial charge in [0.2, 0.25) is 5.91 Å². The fourth-order valence-corrected chi connectivity index (χ4v) is 3.07. The maximum absolute atomic E-state index is 12.4. The van der Waals surface area contributed by atoms with Crippen molar-refractivity contribution in [3.63, 3.8) is 0 Å². The van der Waals surface area contributed by atoms with Crippen molar-refractivity contribution in [2.75, 3.05) is 28.7 Å². The fraction of sp³-hybridized carbons (Fsp3) is 0.211. The van der Waals surface area contributed by atoms with Gasteiger partial charge in [0.05, 0.1) is 5.69 Å². The molecule has 2 aliphatic heterocycles. The van der Waals surface area contributed by atoms with Crippen LogP contribution < -0.4 is 20.3 Å². The van der Waals surface area contributed by atoms with Gasteiger partial charge in [0.1, 0.15) is 5.75 Å². The van der Waals surface area contributed by atoms with E-state index in [0.29, 0.717) is 29.1 Å². The summed E-state index contributed by atoms with van der Waals surface area (Å²) in [5.41, 5.74) is 2.35. The Morgan fingerprint density at radius 1 is 1.12 bits per heavy atom. The van der Waals surface area contributed by atoms with Crippen LogP contribution in [0.4, 0.5) is 17.1 Å². The quantitative estimate of drug-likeness (QED) is 0.889. The van der Waals surface area contributed by atoms with Gasteiger partial charge in [-0.15, -0.1) is 0 Å². The molecule has 2 aromatic rings. The zero-order valence-electron chi connectivity index (χ0n) is 14.0. The molecule has 0 unspecified atom stereocenters. The maximum atomic E-state index is 12.4. The number of nitrogens with zero attached hydrogens (tertiary/aromatic N) is 1. The second-order valence-electron chi connectivity index (χ2n) is 6.20. The molecule has 132 valence electrons. The third-order valence-corrected chi connectivity index (χ3v) is 4.38. The lowest BCUT2D eigenvalue weighted by Gasteiger charge is -2.18. The van der Waals surface area contributed by atoms with E-state index in [1.165, 1.54) is 0 Å². The standard InChI is InChI=1S/C19H17N3O4/c23-17-11-26-16-8-3-12(10-15(16)21-17)19(25)20-13-4-6-14(7-5-13)22-9-1-2-18(22)24/h3-8,10H,1-2,9,11H2,(H,20,25)(H,21,23). The molecule has 0 atom stereocenters. The Hall–Kier alpha value is -3.35. The highest BCUT2D eigenvalue weighted by atomic mass is 16.5. The van der Waals surface area contributed by atoms with Gasteiger partial charge in [0, 0.05) is 29.9 Å². The number of hydrogen-bond acceptors (Lipinski definition) is 4. The zero-order chi connectivity index (χ0) is 18.1. The second-order valence-corrected chi connectivity index (χ2v) is 6.20. The van der Waals surface area contributed by atoms with E-state index in [1.807, 2.05) is 12.1 Å². The molecule has 0 bridgehead atoms. The number of fused-ring (bicyclic) bond motifs is 1. The van der Waals surface area contributed by atoms with E-state index in [-0.39, 0.29) is 24.3 Å². The number of ether oxygens (including phenoxy) is 1. The van der Waals surface area contributed by atoms with Crippen LogP contribution in [0.15, 0.2) is 42.5 Å².